The van der Waals surface area contributed by atoms with Crippen LogP contribution in [-0.4, -0.2) is 269 Å². The van der Waals surface area contributed by atoms with Crippen LogP contribution in [-0.2, 0) is 57.5 Å². The third-order valence-electron chi connectivity index (χ3n) is 18.6. The van der Waals surface area contributed by atoms with Gasteiger partial charge in [0.1, 0.15) is 72.6 Å². The van der Waals surface area contributed by atoms with Crippen LogP contribution in [0.2, 0.25) is 0 Å². The summed E-state index contributed by atoms with van der Waals surface area (Å²) in [5.74, 6) is -10.9. The maximum absolute atomic E-state index is 15.4. The minimum absolute atomic E-state index is 0.0716. The van der Waals surface area contributed by atoms with E-state index in [2.05, 4.69) is 26.6 Å². The van der Waals surface area contributed by atoms with Crippen LogP contribution in [0, 0.1) is 41.4 Å². The van der Waals surface area contributed by atoms with E-state index in [-0.39, 0.29) is 62.8 Å². The molecule has 27 heteroatoms. The topological polar surface area (TPSA) is 320 Å². The van der Waals surface area contributed by atoms with E-state index >= 15 is 28.8 Å². The Labute approximate surface area is 565 Å². The van der Waals surface area contributed by atoms with Crippen LogP contribution < -0.4 is 26.6 Å². The maximum Gasteiger partial charge on any atom is 0.410 e. The van der Waals surface area contributed by atoms with Crippen molar-refractivity contribution in [2.75, 3.05) is 75.0 Å². The van der Waals surface area contributed by atoms with Gasteiger partial charge in [-0.2, -0.15) is 0 Å². The first-order chi connectivity index (χ1) is 44.2. The molecular formula is C68H119N13O14. The Kier molecular flexibility index (Phi) is 32.1. The van der Waals surface area contributed by atoms with Crippen LogP contribution >= 0.6 is 0 Å². The van der Waals surface area contributed by atoms with Gasteiger partial charge in [-0.15, -0.1) is 0 Å². The van der Waals surface area contributed by atoms with E-state index in [1.165, 1.54) is 90.4 Å². The van der Waals surface area contributed by atoms with Gasteiger partial charge < -0.3 is 75.6 Å². The quantitative estimate of drug-likeness (QED) is 0.128. The van der Waals surface area contributed by atoms with Gasteiger partial charge in [-0.3, -0.25) is 52.7 Å². The van der Waals surface area contributed by atoms with Crippen LogP contribution in [0.4, 0.5) is 4.79 Å². The number of hydrogen-bond acceptors (Lipinski definition) is 15. The molecule has 27 nitrogen and oxygen atoms in total. The molecule has 3 saturated heterocycles. The number of carbonyl (C=O) groups excluding carboxylic acids is 12. The van der Waals surface area contributed by atoms with Gasteiger partial charge >= 0.3 is 6.09 Å². The Morgan fingerprint density at radius 1 is 0.526 bits per heavy atom. The fourth-order valence-electron chi connectivity index (χ4n) is 12.9. The van der Waals surface area contributed by atoms with Crippen LogP contribution in [0.1, 0.15) is 156 Å². The lowest BCUT2D eigenvalue weighted by Crippen LogP contribution is -2.64. The number of fused-ring (bicyclic) bond motifs is 1. The molecule has 0 aromatic carbocycles. The summed E-state index contributed by atoms with van der Waals surface area (Å²) < 4.78 is 6.03. The number of piperazine rings is 1. The number of allylic oxidation sites excluding steroid dienone is 2. The minimum Gasteiger partial charge on any atom is -0.444 e. The van der Waals surface area contributed by atoms with E-state index in [1.807, 2.05) is 41.5 Å². The summed E-state index contributed by atoms with van der Waals surface area (Å²) in [5.41, 5.74) is 0. The van der Waals surface area contributed by atoms with E-state index in [9.17, 15) is 33.9 Å². The molecule has 12 amide bonds. The molecule has 0 saturated carbocycles. The molecule has 95 heavy (non-hydrogen) atoms. The lowest BCUT2D eigenvalue weighted by atomic mass is 9.91. The van der Waals surface area contributed by atoms with Crippen molar-refractivity contribution in [1.82, 2.24) is 65.8 Å². The van der Waals surface area contributed by atoms with Crippen LogP contribution in [0.3, 0.4) is 0 Å². The van der Waals surface area contributed by atoms with Crippen LogP contribution in [0.15, 0.2) is 12.2 Å². The first-order valence-corrected chi connectivity index (χ1v) is 34.3. The van der Waals surface area contributed by atoms with Crippen LogP contribution in [0.25, 0.3) is 0 Å². The van der Waals surface area contributed by atoms with Crippen molar-refractivity contribution < 1.29 is 67.4 Å². The second-order valence-electron chi connectivity index (χ2n) is 28.9. The smallest absolute Gasteiger partial charge is 0.410 e. The van der Waals surface area contributed by atoms with Gasteiger partial charge in [0, 0.05) is 74.9 Å². The third kappa shape index (κ3) is 21.5. The zero-order valence-corrected chi connectivity index (χ0v) is 61.3. The number of carbonyl (C=O) groups is 12. The summed E-state index contributed by atoms with van der Waals surface area (Å²) >= 11 is 0. The number of likely N-dealkylation sites (N-methyl/N-ethyl adjacent to an activating group) is 6. The standard InChI is InChI=1S/C68H119N13O14/c1-24-26-27-43(15)56(82)55-60(86)72-47(25-2)62(88)81-36-46(95-68(94)80-30-28-69-29-31-80)35-51(81)65(91)77(21)53(41(11)12)59(85)73-52(40(9)10)66(92)74(18)48(32-37(3)4)58(84)70-44(16)57(83)71-45(17)61(87)75(19)49(33-38(5)6)63(89)76(20)50(34-39(7)8)64(90)78(22)54(42(13)14)67(93)79(55)23/h24,26,37-56,69,82H,25,27-36H2,1-23H3,(H,70,84)(H,71,83)(H,72,86)(H,73,85)/b26-24+/t43-,44+,45-,46?,47+,48+,49+,50+,51-,52+,53+,54+,55+,56-/m1/s1. The van der Waals surface area contributed by atoms with Gasteiger partial charge in [0.25, 0.3) is 0 Å². The largest absolute Gasteiger partial charge is 0.444 e. The second-order valence-corrected chi connectivity index (χ2v) is 28.9. The predicted molar refractivity (Wildman–Crippen MR) is 361 cm³/mol. The van der Waals surface area contributed by atoms with Crippen molar-refractivity contribution >= 4 is 71.1 Å². The number of amides is 12. The third-order valence-corrected chi connectivity index (χ3v) is 18.6. The highest BCUT2D eigenvalue weighted by Crippen LogP contribution is 2.29. The Balaban J connectivity index is 2.39. The molecule has 0 spiro atoms. The number of aliphatic hydroxyl groups is 1. The summed E-state index contributed by atoms with van der Waals surface area (Å²) in [7, 11) is 8.46. The van der Waals surface area contributed by atoms with E-state index in [1.54, 1.807) is 74.5 Å². The monoisotopic (exact) mass is 1340 g/mol. The second kappa shape index (κ2) is 37.0. The van der Waals surface area contributed by atoms with Gasteiger partial charge in [0.05, 0.1) is 12.6 Å². The summed E-state index contributed by atoms with van der Waals surface area (Å²) in [6, 6.07) is -14.4. The number of hydrogen-bond donors (Lipinski definition) is 6. The molecule has 14 atom stereocenters. The number of aliphatic hydroxyl groups excluding tert-OH is 1. The van der Waals surface area contributed by atoms with Crippen molar-refractivity contribution in [3.05, 3.63) is 12.2 Å². The molecule has 3 fully saturated rings. The zero-order valence-electron chi connectivity index (χ0n) is 61.3. The van der Waals surface area contributed by atoms with Crippen molar-refractivity contribution in [2.45, 2.75) is 235 Å². The first kappa shape index (κ1) is 82.3. The highest BCUT2D eigenvalue weighted by atomic mass is 16.6. The van der Waals surface area contributed by atoms with E-state index in [0.717, 1.165) is 4.90 Å². The summed E-state index contributed by atoms with van der Waals surface area (Å²) in [5, 5.41) is 26.6. The fraction of sp³-hybridized carbons (Fsp3) is 0.794. The lowest BCUT2D eigenvalue weighted by molar-refractivity contribution is -0.157. The van der Waals surface area contributed by atoms with Gasteiger partial charge in [-0.1, -0.05) is 109 Å². The molecule has 0 bridgehead atoms. The van der Waals surface area contributed by atoms with E-state index in [0.29, 0.717) is 26.2 Å². The summed E-state index contributed by atoms with van der Waals surface area (Å²) in [6.45, 7) is 30.8. The van der Waals surface area contributed by atoms with Crippen molar-refractivity contribution in [2.24, 2.45) is 41.4 Å². The zero-order chi connectivity index (χ0) is 72.5. The van der Waals surface area contributed by atoms with Crippen molar-refractivity contribution in [1.29, 1.82) is 0 Å². The molecule has 3 heterocycles. The fourth-order valence-corrected chi connectivity index (χ4v) is 12.9. The van der Waals surface area contributed by atoms with E-state index < -0.39 is 173 Å². The predicted octanol–water partition coefficient (Wildman–Crippen LogP) is 2.43. The Bertz CT molecular complexity index is 2700. The molecule has 3 aliphatic rings. The number of rotatable bonds is 15. The summed E-state index contributed by atoms with van der Waals surface area (Å²) in [6.07, 6.45) is 0.667. The molecule has 3 rings (SSSR count). The molecule has 6 N–H and O–H groups in total. The SMILES string of the molecule is C/C=C/C[C@@H](C)[C@@H](O)[C@H]1C(=O)N[C@@H](CC)C(=O)N2CC(OC(=O)N3CCNCC3)C[C@@H]2C(=O)N(C)[C@@H](C(C)C)C(=O)N[C@@H](C(C)C)C(=O)N(C)[C@@H](CC(C)C)C(=O)N[C@@H](C)C(=O)N[C@H](C)C(=O)N(C)[C@@H](CC(C)C)C(=O)N(C)[C@@H](CC(C)C)C(=O)N(C)[C@@H](C(C)C)C(=O)N1C. The van der Waals surface area contributed by atoms with Crippen molar-refractivity contribution in [3.63, 3.8) is 0 Å². The molecule has 0 aromatic heterocycles. The molecule has 3 aliphatic heterocycles. The lowest BCUT2D eigenvalue weighted by Gasteiger charge is -2.41. The molecule has 1 unspecified atom stereocenters. The van der Waals surface area contributed by atoms with Gasteiger partial charge in [0.15, 0.2) is 0 Å². The Hall–Kier alpha value is -6.90. The Morgan fingerprint density at radius 2 is 0.989 bits per heavy atom. The number of ether oxygens (including phenoxy) is 1. The molecule has 0 aromatic rings. The Morgan fingerprint density at radius 3 is 1.48 bits per heavy atom. The molecule has 0 radical (unpaired) electrons. The van der Waals surface area contributed by atoms with Gasteiger partial charge in [0.2, 0.25) is 65.0 Å². The average molecular weight is 1340 g/mol. The van der Waals surface area contributed by atoms with Gasteiger partial charge in [-0.25, -0.2) is 4.79 Å². The highest BCUT2D eigenvalue weighted by Gasteiger charge is 2.50. The molecule has 540 valence electrons. The highest BCUT2D eigenvalue weighted by molar-refractivity contribution is 6.00. The summed E-state index contributed by atoms with van der Waals surface area (Å²) in [4.78, 5) is 188. The molecule has 0 aliphatic carbocycles. The number of nitrogens with zero attached hydrogens (tertiary/aromatic N) is 8. The first-order valence-electron chi connectivity index (χ1n) is 34.3. The van der Waals surface area contributed by atoms with Crippen molar-refractivity contribution in [3.8, 4) is 0 Å². The minimum atomic E-state index is -1.69. The number of nitrogens with one attached hydrogen (secondary N) is 5. The normalized spacial score (nSPS) is 28.4. The molecular weight excluding hydrogens is 1220 g/mol. The average Bonchev–Trinajstić information content (AvgIpc) is 1.78. The van der Waals surface area contributed by atoms with Crippen LogP contribution in [0.5, 0.6) is 0 Å². The van der Waals surface area contributed by atoms with E-state index in [4.69, 9.17) is 4.74 Å². The van der Waals surface area contributed by atoms with Gasteiger partial charge in [-0.05, 0) is 94.3 Å². The maximum atomic E-state index is 15.4.